The van der Waals surface area contributed by atoms with Gasteiger partial charge < -0.3 is 4.74 Å². The quantitative estimate of drug-likeness (QED) is 0.740. The first-order chi connectivity index (χ1) is 7.81. The molecule has 0 aromatic heterocycles. The van der Waals surface area contributed by atoms with Gasteiger partial charge in [-0.3, -0.25) is 4.79 Å². The van der Waals surface area contributed by atoms with Crippen molar-refractivity contribution in [2.24, 2.45) is 0 Å². The van der Waals surface area contributed by atoms with Gasteiger partial charge in [0.2, 0.25) is 0 Å². The molecule has 0 radical (unpaired) electrons. The summed E-state index contributed by atoms with van der Waals surface area (Å²) < 4.78 is 18.5. The van der Waals surface area contributed by atoms with Gasteiger partial charge in [-0.1, -0.05) is 0 Å². The summed E-state index contributed by atoms with van der Waals surface area (Å²) in [5.41, 5.74) is -0.0938. The fourth-order valence-electron chi connectivity index (χ4n) is 1.31. The molecule has 0 fully saturated rings. The predicted molar refractivity (Wildman–Crippen MR) is 60.7 cm³/mol. The van der Waals surface area contributed by atoms with Crippen LogP contribution in [0, 0.1) is 17.1 Å². The number of rotatable bonds is 2. The number of hydrogen-bond donors (Lipinski definition) is 0. The van der Waals surface area contributed by atoms with Crippen molar-refractivity contribution in [2.75, 3.05) is 0 Å². The topological polar surface area (TPSA) is 50.1 Å². The Morgan fingerprint density at radius 2 is 2.12 bits per heavy atom. The molecule has 0 heterocycles. The Balaban J connectivity index is 2.82. The van der Waals surface area contributed by atoms with Crippen LogP contribution in [0.5, 0.6) is 0 Å². The molecule has 1 aromatic carbocycles. The number of esters is 1. The summed E-state index contributed by atoms with van der Waals surface area (Å²) in [6.07, 6.45) is -0.168. The van der Waals surface area contributed by atoms with Gasteiger partial charge in [-0.15, -0.1) is 0 Å². The van der Waals surface area contributed by atoms with Crippen molar-refractivity contribution in [3.63, 3.8) is 0 Å². The molecule has 0 amide bonds. The zero-order chi connectivity index (χ0) is 13.1. The average Bonchev–Trinajstić information content (AvgIpc) is 2.18. The van der Waals surface area contributed by atoms with Crippen molar-refractivity contribution in [1.82, 2.24) is 0 Å². The summed E-state index contributed by atoms with van der Waals surface area (Å²) in [6, 6.07) is 5.81. The number of halogens is 1. The normalized spacial score (nSPS) is 10.8. The Kier molecular flexibility index (Phi) is 3.84. The molecular formula is C13H14FNO2. The highest BCUT2D eigenvalue weighted by Crippen LogP contribution is 2.14. The maximum Gasteiger partial charge on any atom is 0.310 e. The lowest BCUT2D eigenvalue weighted by Crippen LogP contribution is -2.25. The second kappa shape index (κ2) is 4.96. The molecule has 1 aromatic rings. The Morgan fingerprint density at radius 3 is 2.65 bits per heavy atom. The number of nitriles is 1. The SMILES string of the molecule is CC(C)(C)OC(=O)Cc1cc(C#N)ccc1F. The Morgan fingerprint density at radius 1 is 1.47 bits per heavy atom. The highest BCUT2D eigenvalue weighted by atomic mass is 19.1. The molecule has 0 N–H and O–H groups in total. The van der Waals surface area contributed by atoms with Crippen LogP contribution in [-0.4, -0.2) is 11.6 Å². The number of benzene rings is 1. The number of carbonyl (C=O) groups is 1. The monoisotopic (exact) mass is 235 g/mol. The number of ether oxygens (including phenoxy) is 1. The van der Waals surface area contributed by atoms with E-state index >= 15 is 0 Å². The van der Waals surface area contributed by atoms with Crippen molar-refractivity contribution >= 4 is 5.97 Å². The van der Waals surface area contributed by atoms with Crippen LogP contribution in [0.15, 0.2) is 18.2 Å². The second-order valence-corrected chi connectivity index (χ2v) is 4.68. The molecule has 0 saturated carbocycles. The van der Waals surface area contributed by atoms with E-state index < -0.39 is 17.4 Å². The molecule has 4 heteroatoms. The summed E-state index contributed by atoms with van der Waals surface area (Å²) in [5, 5.41) is 8.68. The van der Waals surface area contributed by atoms with Gasteiger partial charge in [0, 0.05) is 5.56 Å². The lowest BCUT2D eigenvalue weighted by Gasteiger charge is -2.19. The van der Waals surface area contributed by atoms with Crippen LogP contribution >= 0.6 is 0 Å². The van der Waals surface area contributed by atoms with E-state index in [4.69, 9.17) is 10.00 Å². The van der Waals surface area contributed by atoms with Crippen molar-refractivity contribution in [1.29, 1.82) is 5.26 Å². The first kappa shape index (κ1) is 13.2. The highest BCUT2D eigenvalue weighted by molar-refractivity contribution is 5.73. The van der Waals surface area contributed by atoms with Gasteiger partial charge in [0.25, 0.3) is 0 Å². The van der Waals surface area contributed by atoms with E-state index in [1.807, 2.05) is 6.07 Å². The van der Waals surface area contributed by atoms with E-state index in [-0.39, 0.29) is 12.0 Å². The minimum Gasteiger partial charge on any atom is -0.460 e. The summed E-state index contributed by atoms with van der Waals surface area (Å²) in [7, 11) is 0. The van der Waals surface area contributed by atoms with Crippen molar-refractivity contribution in [3.8, 4) is 6.07 Å². The van der Waals surface area contributed by atoms with Gasteiger partial charge in [0.1, 0.15) is 11.4 Å². The molecular weight excluding hydrogens is 221 g/mol. The van der Waals surface area contributed by atoms with Crippen LogP contribution in [-0.2, 0) is 16.0 Å². The Hall–Kier alpha value is -1.89. The minimum absolute atomic E-state index is 0.168. The fourth-order valence-corrected chi connectivity index (χ4v) is 1.31. The third-order valence-electron chi connectivity index (χ3n) is 1.93. The van der Waals surface area contributed by atoms with Crippen LogP contribution in [0.3, 0.4) is 0 Å². The van der Waals surface area contributed by atoms with Gasteiger partial charge >= 0.3 is 5.97 Å². The highest BCUT2D eigenvalue weighted by Gasteiger charge is 2.18. The summed E-state index contributed by atoms with van der Waals surface area (Å²) >= 11 is 0. The molecule has 0 unspecified atom stereocenters. The lowest BCUT2D eigenvalue weighted by molar-refractivity contribution is -0.153. The Bertz CT molecular complexity index is 469. The van der Waals surface area contributed by atoms with E-state index in [0.717, 1.165) is 0 Å². The molecule has 0 aliphatic heterocycles. The van der Waals surface area contributed by atoms with Crippen LogP contribution in [0.4, 0.5) is 4.39 Å². The third-order valence-corrected chi connectivity index (χ3v) is 1.93. The van der Waals surface area contributed by atoms with E-state index in [9.17, 15) is 9.18 Å². The largest absolute Gasteiger partial charge is 0.460 e. The van der Waals surface area contributed by atoms with Gasteiger partial charge in [-0.25, -0.2) is 4.39 Å². The summed E-state index contributed by atoms with van der Waals surface area (Å²) in [4.78, 5) is 11.5. The van der Waals surface area contributed by atoms with Crippen LogP contribution < -0.4 is 0 Å². The zero-order valence-electron chi connectivity index (χ0n) is 10.1. The molecule has 90 valence electrons. The number of hydrogen-bond acceptors (Lipinski definition) is 3. The molecule has 0 spiro atoms. The smallest absolute Gasteiger partial charge is 0.310 e. The standard InChI is InChI=1S/C13H14FNO2/c1-13(2,3)17-12(16)7-10-6-9(8-15)4-5-11(10)14/h4-6H,7H2,1-3H3. The maximum atomic E-state index is 13.4. The number of carbonyl (C=O) groups excluding carboxylic acids is 1. The molecule has 0 saturated heterocycles. The predicted octanol–water partition coefficient (Wildman–Crippen LogP) is 2.58. The summed E-state index contributed by atoms with van der Waals surface area (Å²) in [6.45, 7) is 5.23. The molecule has 1 rings (SSSR count). The minimum atomic E-state index is -0.597. The van der Waals surface area contributed by atoms with Crippen LogP contribution in [0.25, 0.3) is 0 Å². The number of nitrogens with zero attached hydrogens (tertiary/aromatic N) is 1. The first-order valence-corrected chi connectivity index (χ1v) is 5.22. The van der Waals surface area contributed by atoms with Gasteiger partial charge in [0.05, 0.1) is 18.1 Å². The van der Waals surface area contributed by atoms with Gasteiger partial charge in [-0.2, -0.15) is 5.26 Å². The zero-order valence-corrected chi connectivity index (χ0v) is 10.1. The average molecular weight is 235 g/mol. The molecule has 17 heavy (non-hydrogen) atoms. The van der Waals surface area contributed by atoms with Crippen molar-refractivity contribution < 1.29 is 13.9 Å². The van der Waals surface area contributed by atoms with E-state index in [0.29, 0.717) is 5.56 Å². The molecule has 0 atom stereocenters. The third kappa shape index (κ3) is 4.23. The van der Waals surface area contributed by atoms with E-state index in [1.165, 1.54) is 18.2 Å². The van der Waals surface area contributed by atoms with Crippen molar-refractivity contribution in [3.05, 3.63) is 35.1 Å². The van der Waals surface area contributed by atoms with Crippen LogP contribution in [0.2, 0.25) is 0 Å². The lowest BCUT2D eigenvalue weighted by atomic mass is 10.1. The van der Waals surface area contributed by atoms with Crippen LogP contribution in [0.1, 0.15) is 31.9 Å². The molecule has 3 nitrogen and oxygen atoms in total. The maximum absolute atomic E-state index is 13.4. The van der Waals surface area contributed by atoms with Crippen molar-refractivity contribution in [2.45, 2.75) is 32.8 Å². The summed E-state index contributed by atoms with van der Waals surface area (Å²) in [5.74, 6) is -1.01. The Labute approximate surface area is 99.8 Å². The van der Waals surface area contributed by atoms with E-state index in [2.05, 4.69) is 0 Å². The fraction of sp³-hybridized carbons (Fsp3) is 0.385. The second-order valence-electron chi connectivity index (χ2n) is 4.68. The van der Waals surface area contributed by atoms with E-state index in [1.54, 1.807) is 20.8 Å². The first-order valence-electron chi connectivity index (χ1n) is 5.22. The molecule has 0 bridgehead atoms. The molecule has 0 aliphatic carbocycles. The van der Waals surface area contributed by atoms with Gasteiger partial charge in [-0.05, 0) is 39.0 Å². The van der Waals surface area contributed by atoms with Gasteiger partial charge in [0.15, 0.2) is 0 Å². The molecule has 0 aliphatic rings.